The highest BCUT2D eigenvalue weighted by atomic mass is 32.2. The highest BCUT2D eigenvalue weighted by molar-refractivity contribution is 7.98. The van der Waals surface area contributed by atoms with Crippen molar-refractivity contribution in [3.63, 3.8) is 0 Å². The molecule has 0 aliphatic carbocycles. The van der Waals surface area contributed by atoms with Gasteiger partial charge in [0, 0.05) is 29.0 Å². The predicted octanol–water partition coefficient (Wildman–Crippen LogP) is 4.05. The molecular weight excluding hydrogens is 378 g/mol. The number of thioether (sulfide) groups is 1. The summed E-state index contributed by atoms with van der Waals surface area (Å²) < 4.78 is 15.8. The second kappa shape index (κ2) is 9.27. The molecule has 0 saturated carbocycles. The smallest absolute Gasteiger partial charge is 0.227 e. The van der Waals surface area contributed by atoms with E-state index in [9.17, 15) is 4.79 Å². The normalized spacial score (nSPS) is 10.5. The van der Waals surface area contributed by atoms with Crippen LogP contribution >= 0.6 is 11.8 Å². The van der Waals surface area contributed by atoms with Crippen molar-refractivity contribution in [1.82, 2.24) is 10.1 Å². The molecule has 28 heavy (non-hydrogen) atoms. The van der Waals surface area contributed by atoms with E-state index in [-0.39, 0.29) is 12.3 Å². The molecule has 0 fully saturated rings. The third-order valence-electron chi connectivity index (χ3n) is 4.03. The van der Waals surface area contributed by atoms with Crippen LogP contribution in [0.15, 0.2) is 51.9 Å². The Hall–Kier alpha value is -3.00. The fraction of sp³-hybridized carbons (Fsp3) is 0.250. The predicted molar refractivity (Wildman–Crippen MR) is 108 cm³/mol. The third-order valence-corrected chi connectivity index (χ3v) is 4.75. The molecule has 0 unspecified atom stereocenters. The van der Waals surface area contributed by atoms with Crippen molar-refractivity contribution >= 4 is 23.4 Å². The topological polar surface area (TPSA) is 86.5 Å². The Kier molecular flexibility index (Phi) is 6.54. The number of rotatable bonds is 8. The van der Waals surface area contributed by atoms with Gasteiger partial charge in [0.15, 0.2) is 11.5 Å². The lowest BCUT2D eigenvalue weighted by molar-refractivity contribution is -0.116. The molecule has 0 atom stereocenters. The summed E-state index contributed by atoms with van der Waals surface area (Å²) in [6.07, 6.45) is 2.60. The highest BCUT2D eigenvalue weighted by Crippen LogP contribution is 2.31. The van der Waals surface area contributed by atoms with Gasteiger partial charge in [0.2, 0.25) is 17.6 Å². The summed E-state index contributed by atoms with van der Waals surface area (Å²) in [5.41, 5.74) is 1.51. The Morgan fingerprint density at radius 1 is 1.14 bits per heavy atom. The Balaban J connectivity index is 1.61. The number of carbonyl (C=O) groups is 1. The van der Waals surface area contributed by atoms with Crippen LogP contribution in [0, 0.1) is 0 Å². The third kappa shape index (κ3) is 4.83. The monoisotopic (exact) mass is 399 g/mol. The second-order valence-corrected chi connectivity index (χ2v) is 6.74. The van der Waals surface area contributed by atoms with E-state index in [2.05, 4.69) is 15.5 Å². The molecule has 0 radical (unpaired) electrons. The Labute approximate surface area is 167 Å². The first-order valence-corrected chi connectivity index (χ1v) is 9.84. The molecular formula is C20H21N3O4S. The van der Waals surface area contributed by atoms with Crippen LogP contribution in [0.5, 0.6) is 11.5 Å². The first-order valence-electron chi connectivity index (χ1n) is 8.62. The minimum absolute atomic E-state index is 0.107. The van der Waals surface area contributed by atoms with Gasteiger partial charge in [0.1, 0.15) is 0 Å². The first kappa shape index (κ1) is 19.8. The van der Waals surface area contributed by atoms with Crippen molar-refractivity contribution < 1.29 is 18.8 Å². The molecule has 1 aromatic heterocycles. The van der Waals surface area contributed by atoms with Crippen molar-refractivity contribution in [2.24, 2.45) is 0 Å². The number of anilines is 1. The van der Waals surface area contributed by atoms with Crippen molar-refractivity contribution in [2.75, 3.05) is 25.8 Å². The number of hydrogen-bond donors (Lipinski definition) is 1. The zero-order chi connectivity index (χ0) is 19.9. The van der Waals surface area contributed by atoms with Crippen LogP contribution in [-0.4, -0.2) is 36.5 Å². The summed E-state index contributed by atoms with van der Waals surface area (Å²) in [5, 5.41) is 6.87. The molecule has 0 aliphatic rings. The molecule has 8 heteroatoms. The quantitative estimate of drug-likeness (QED) is 0.572. The molecule has 0 bridgehead atoms. The fourth-order valence-corrected chi connectivity index (χ4v) is 3.05. The number of carbonyl (C=O) groups excluding carboxylic acids is 1. The summed E-state index contributed by atoms with van der Waals surface area (Å²) in [4.78, 5) is 17.6. The van der Waals surface area contributed by atoms with Gasteiger partial charge >= 0.3 is 0 Å². The van der Waals surface area contributed by atoms with Gasteiger partial charge in [-0.25, -0.2) is 0 Å². The average Bonchev–Trinajstić information content (AvgIpc) is 3.21. The van der Waals surface area contributed by atoms with E-state index in [1.54, 1.807) is 38.1 Å². The van der Waals surface area contributed by atoms with Gasteiger partial charge in [-0.1, -0.05) is 11.2 Å². The maximum absolute atomic E-state index is 12.2. The molecule has 3 aromatic rings. The van der Waals surface area contributed by atoms with Crippen molar-refractivity contribution in [3.05, 3.63) is 48.4 Å². The van der Waals surface area contributed by atoms with E-state index in [1.807, 2.05) is 36.6 Å². The first-order chi connectivity index (χ1) is 13.6. The lowest BCUT2D eigenvalue weighted by Crippen LogP contribution is -2.12. The standard InChI is InChI=1S/C20H21N3O4S/c1-25-16-8-7-13(11-17(16)26-2)20-22-19(27-23-20)10-9-18(24)21-14-5-4-6-15(12-14)28-3/h4-8,11-12H,9-10H2,1-3H3,(H,21,24). The zero-order valence-electron chi connectivity index (χ0n) is 15.9. The van der Waals surface area contributed by atoms with Crippen LogP contribution in [0.4, 0.5) is 5.69 Å². The summed E-state index contributed by atoms with van der Waals surface area (Å²) in [6, 6.07) is 13.1. The van der Waals surface area contributed by atoms with Crippen LogP contribution in [0.2, 0.25) is 0 Å². The molecule has 0 spiro atoms. The minimum atomic E-state index is -0.107. The lowest BCUT2D eigenvalue weighted by Gasteiger charge is -2.07. The lowest BCUT2D eigenvalue weighted by atomic mass is 10.2. The SMILES string of the molecule is COc1ccc(-c2noc(CCC(=O)Nc3cccc(SC)c3)n2)cc1OC. The molecule has 1 amide bonds. The molecule has 2 aromatic carbocycles. The van der Waals surface area contributed by atoms with Crippen LogP contribution in [0.3, 0.4) is 0 Å². The van der Waals surface area contributed by atoms with Crippen LogP contribution in [0.1, 0.15) is 12.3 Å². The van der Waals surface area contributed by atoms with E-state index >= 15 is 0 Å². The van der Waals surface area contributed by atoms with Crippen LogP contribution in [0.25, 0.3) is 11.4 Å². The van der Waals surface area contributed by atoms with Gasteiger partial charge in [0.25, 0.3) is 0 Å². The number of aryl methyl sites for hydroxylation is 1. The van der Waals surface area contributed by atoms with Gasteiger partial charge in [-0.3, -0.25) is 4.79 Å². The molecule has 1 N–H and O–H groups in total. The summed E-state index contributed by atoms with van der Waals surface area (Å²) >= 11 is 1.62. The number of hydrogen-bond acceptors (Lipinski definition) is 7. The molecule has 0 saturated heterocycles. The van der Waals surface area contributed by atoms with E-state index in [0.717, 1.165) is 16.1 Å². The van der Waals surface area contributed by atoms with Crippen LogP contribution < -0.4 is 14.8 Å². The number of aromatic nitrogens is 2. The second-order valence-electron chi connectivity index (χ2n) is 5.86. The van der Waals surface area contributed by atoms with Gasteiger partial charge in [-0.2, -0.15) is 4.98 Å². The number of benzene rings is 2. The average molecular weight is 399 g/mol. The van der Waals surface area contributed by atoms with E-state index in [0.29, 0.717) is 29.6 Å². The minimum Gasteiger partial charge on any atom is -0.493 e. The molecule has 3 rings (SSSR count). The van der Waals surface area contributed by atoms with Gasteiger partial charge in [-0.15, -0.1) is 11.8 Å². The van der Waals surface area contributed by atoms with Crippen molar-refractivity contribution in [2.45, 2.75) is 17.7 Å². The highest BCUT2D eigenvalue weighted by Gasteiger charge is 2.13. The number of ether oxygens (including phenoxy) is 2. The molecule has 0 aliphatic heterocycles. The Morgan fingerprint density at radius 3 is 2.71 bits per heavy atom. The fourth-order valence-electron chi connectivity index (χ4n) is 2.59. The number of nitrogens with one attached hydrogen (secondary N) is 1. The summed E-state index contributed by atoms with van der Waals surface area (Å²) in [7, 11) is 3.14. The number of nitrogens with zero attached hydrogens (tertiary/aromatic N) is 2. The van der Waals surface area contributed by atoms with E-state index < -0.39 is 0 Å². The van der Waals surface area contributed by atoms with Crippen molar-refractivity contribution in [1.29, 1.82) is 0 Å². The van der Waals surface area contributed by atoms with Gasteiger partial charge in [0.05, 0.1) is 14.2 Å². The zero-order valence-corrected chi connectivity index (χ0v) is 16.7. The Morgan fingerprint density at radius 2 is 1.96 bits per heavy atom. The van der Waals surface area contributed by atoms with Crippen LogP contribution in [-0.2, 0) is 11.2 Å². The van der Waals surface area contributed by atoms with Gasteiger partial charge < -0.3 is 19.3 Å². The van der Waals surface area contributed by atoms with Gasteiger partial charge in [-0.05, 0) is 42.7 Å². The summed E-state index contributed by atoms with van der Waals surface area (Å²) in [5.74, 6) is 1.93. The Bertz CT molecular complexity index is 958. The summed E-state index contributed by atoms with van der Waals surface area (Å²) in [6.45, 7) is 0. The number of methoxy groups -OCH3 is 2. The molecule has 1 heterocycles. The van der Waals surface area contributed by atoms with Crippen molar-refractivity contribution in [3.8, 4) is 22.9 Å². The largest absolute Gasteiger partial charge is 0.493 e. The number of amides is 1. The maximum atomic E-state index is 12.2. The maximum Gasteiger partial charge on any atom is 0.227 e. The molecule has 7 nitrogen and oxygen atoms in total. The van der Waals surface area contributed by atoms with E-state index in [4.69, 9.17) is 14.0 Å². The molecule has 146 valence electrons. The van der Waals surface area contributed by atoms with E-state index in [1.165, 1.54) is 0 Å².